The Hall–Kier alpha value is -1.30. The number of carbonyl (C=O) groups is 1. The topological polar surface area (TPSA) is 44.8 Å². The van der Waals surface area contributed by atoms with E-state index in [9.17, 15) is 4.79 Å². The van der Waals surface area contributed by atoms with Crippen LogP contribution < -0.4 is 10.1 Å². The van der Waals surface area contributed by atoms with Crippen LogP contribution in [-0.2, 0) is 4.79 Å². The van der Waals surface area contributed by atoms with Crippen molar-refractivity contribution in [3.63, 3.8) is 0 Å². The highest BCUT2D eigenvalue weighted by atomic mass is 35.5. The van der Waals surface area contributed by atoms with Gasteiger partial charge in [-0.2, -0.15) is 0 Å². The van der Waals surface area contributed by atoms with Crippen LogP contribution in [0.4, 0.5) is 0 Å². The van der Waals surface area contributed by atoms with E-state index in [2.05, 4.69) is 30.1 Å². The summed E-state index contributed by atoms with van der Waals surface area (Å²) in [5.41, 5.74) is 2.39. The zero-order chi connectivity index (χ0) is 16.7. The van der Waals surface area contributed by atoms with Crippen LogP contribution in [0.25, 0.3) is 0 Å². The average Bonchev–Trinajstić information content (AvgIpc) is 2.74. The Balaban J connectivity index is 0.00000288. The molecule has 0 unspecified atom stereocenters. The number of aryl methyl sites for hydroxylation is 2. The van der Waals surface area contributed by atoms with Gasteiger partial charge < -0.3 is 15.0 Å². The number of ether oxygens (including phenoxy) is 1. The van der Waals surface area contributed by atoms with Gasteiger partial charge in [-0.1, -0.05) is 6.07 Å². The quantitative estimate of drug-likeness (QED) is 0.846. The second-order valence-electron chi connectivity index (χ2n) is 6.37. The predicted octanol–water partition coefficient (Wildman–Crippen LogP) is 1.86. The van der Waals surface area contributed by atoms with Crippen LogP contribution in [0, 0.1) is 13.8 Å². The SMILES string of the molecule is Cc1cc(C)cc(OCCN(C)C(=O)CN2CCCNCC2)c1.Cl. The van der Waals surface area contributed by atoms with Crippen molar-refractivity contribution >= 4 is 18.3 Å². The standard InChI is InChI=1S/C18H29N3O2.ClH/c1-15-11-16(2)13-17(12-15)23-10-9-20(3)18(22)14-21-7-4-5-19-6-8-21;/h11-13,19H,4-10,14H2,1-3H3;1H. The monoisotopic (exact) mass is 355 g/mol. The van der Waals surface area contributed by atoms with Crippen LogP contribution in [0.5, 0.6) is 5.75 Å². The Morgan fingerprint density at radius 3 is 2.62 bits per heavy atom. The summed E-state index contributed by atoms with van der Waals surface area (Å²) in [6.45, 7) is 9.70. The third-order valence-electron chi connectivity index (χ3n) is 4.11. The minimum atomic E-state index is 0. The van der Waals surface area contributed by atoms with Crippen molar-refractivity contribution in [1.82, 2.24) is 15.1 Å². The van der Waals surface area contributed by atoms with E-state index in [1.54, 1.807) is 4.90 Å². The fourth-order valence-electron chi connectivity index (χ4n) is 2.81. The number of nitrogens with one attached hydrogen (secondary N) is 1. The fourth-order valence-corrected chi connectivity index (χ4v) is 2.81. The van der Waals surface area contributed by atoms with Gasteiger partial charge in [-0.15, -0.1) is 12.4 Å². The van der Waals surface area contributed by atoms with E-state index in [0.29, 0.717) is 19.7 Å². The average molecular weight is 356 g/mol. The van der Waals surface area contributed by atoms with Gasteiger partial charge in [0.15, 0.2) is 0 Å². The first-order valence-corrected chi connectivity index (χ1v) is 8.43. The van der Waals surface area contributed by atoms with Gasteiger partial charge >= 0.3 is 0 Å². The van der Waals surface area contributed by atoms with Crippen molar-refractivity contribution in [3.8, 4) is 5.75 Å². The number of hydrogen-bond donors (Lipinski definition) is 1. The number of amides is 1. The summed E-state index contributed by atoms with van der Waals surface area (Å²) in [5, 5.41) is 3.35. The molecule has 0 radical (unpaired) electrons. The zero-order valence-corrected chi connectivity index (χ0v) is 15.8. The minimum Gasteiger partial charge on any atom is -0.492 e. The lowest BCUT2D eigenvalue weighted by Crippen LogP contribution is -2.41. The Kier molecular flexibility index (Phi) is 9.11. The molecule has 1 aromatic carbocycles. The van der Waals surface area contributed by atoms with Gasteiger partial charge in [-0.25, -0.2) is 0 Å². The van der Waals surface area contributed by atoms with Gasteiger partial charge in [0.2, 0.25) is 5.91 Å². The zero-order valence-electron chi connectivity index (χ0n) is 15.0. The van der Waals surface area contributed by atoms with Crippen LogP contribution in [0.2, 0.25) is 0 Å². The second kappa shape index (κ2) is 10.5. The molecule has 0 aromatic heterocycles. The van der Waals surface area contributed by atoms with E-state index in [1.807, 2.05) is 19.2 Å². The largest absolute Gasteiger partial charge is 0.492 e. The summed E-state index contributed by atoms with van der Waals surface area (Å²) in [5.74, 6) is 1.04. The van der Waals surface area contributed by atoms with Crippen LogP contribution >= 0.6 is 12.4 Å². The number of hydrogen-bond acceptors (Lipinski definition) is 4. The molecular formula is C18H30ClN3O2. The van der Waals surface area contributed by atoms with E-state index in [0.717, 1.165) is 38.3 Å². The molecule has 5 nitrogen and oxygen atoms in total. The molecule has 6 heteroatoms. The number of nitrogens with zero attached hydrogens (tertiary/aromatic N) is 2. The molecule has 1 aromatic rings. The Bertz CT molecular complexity index is 497. The van der Waals surface area contributed by atoms with Gasteiger partial charge in [0.25, 0.3) is 0 Å². The highest BCUT2D eigenvalue weighted by Crippen LogP contribution is 2.16. The molecule has 2 rings (SSSR count). The molecular weight excluding hydrogens is 326 g/mol. The van der Waals surface area contributed by atoms with E-state index < -0.39 is 0 Å². The third-order valence-corrected chi connectivity index (χ3v) is 4.11. The second-order valence-corrected chi connectivity index (χ2v) is 6.37. The van der Waals surface area contributed by atoms with E-state index in [-0.39, 0.29) is 18.3 Å². The molecule has 1 heterocycles. The summed E-state index contributed by atoms with van der Waals surface area (Å²) >= 11 is 0. The van der Waals surface area contributed by atoms with Crippen LogP contribution in [0.15, 0.2) is 18.2 Å². The lowest BCUT2D eigenvalue weighted by Gasteiger charge is -2.23. The molecule has 24 heavy (non-hydrogen) atoms. The summed E-state index contributed by atoms with van der Waals surface area (Å²) < 4.78 is 5.78. The maximum atomic E-state index is 12.3. The normalized spacial score (nSPS) is 15.3. The molecule has 0 atom stereocenters. The molecule has 136 valence electrons. The van der Waals surface area contributed by atoms with E-state index in [4.69, 9.17) is 4.74 Å². The lowest BCUT2D eigenvalue weighted by atomic mass is 10.1. The van der Waals surface area contributed by atoms with Crippen molar-refractivity contribution < 1.29 is 9.53 Å². The van der Waals surface area contributed by atoms with Crippen LogP contribution in [0.3, 0.4) is 0 Å². The minimum absolute atomic E-state index is 0. The molecule has 1 aliphatic heterocycles. The molecule has 1 saturated heterocycles. The number of carbonyl (C=O) groups excluding carboxylic acids is 1. The lowest BCUT2D eigenvalue weighted by molar-refractivity contribution is -0.131. The number of halogens is 1. The fraction of sp³-hybridized carbons (Fsp3) is 0.611. The molecule has 0 bridgehead atoms. The molecule has 1 amide bonds. The summed E-state index contributed by atoms with van der Waals surface area (Å²) in [4.78, 5) is 16.3. The smallest absolute Gasteiger partial charge is 0.236 e. The Labute approximate surface area is 151 Å². The molecule has 1 fully saturated rings. The summed E-state index contributed by atoms with van der Waals surface area (Å²) in [7, 11) is 1.85. The first kappa shape index (κ1) is 20.7. The van der Waals surface area contributed by atoms with Gasteiger partial charge in [0, 0.05) is 20.1 Å². The van der Waals surface area contributed by atoms with E-state index in [1.165, 1.54) is 11.1 Å². The van der Waals surface area contributed by atoms with Gasteiger partial charge in [-0.3, -0.25) is 9.69 Å². The maximum Gasteiger partial charge on any atom is 0.236 e. The molecule has 1 N–H and O–H groups in total. The summed E-state index contributed by atoms with van der Waals surface area (Å²) in [6, 6.07) is 6.18. The maximum absolute atomic E-state index is 12.3. The van der Waals surface area contributed by atoms with Crippen molar-refractivity contribution in [2.24, 2.45) is 0 Å². The highest BCUT2D eigenvalue weighted by molar-refractivity contribution is 5.85. The Morgan fingerprint density at radius 1 is 1.21 bits per heavy atom. The van der Waals surface area contributed by atoms with Crippen molar-refractivity contribution in [1.29, 1.82) is 0 Å². The van der Waals surface area contributed by atoms with Crippen LogP contribution in [-0.4, -0.2) is 68.6 Å². The third kappa shape index (κ3) is 7.07. The summed E-state index contributed by atoms with van der Waals surface area (Å²) in [6.07, 6.45) is 1.10. The molecule has 1 aliphatic rings. The van der Waals surface area contributed by atoms with Gasteiger partial charge in [0.1, 0.15) is 12.4 Å². The predicted molar refractivity (Wildman–Crippen MR) is 100 cm³/mol. The van der Waals surface area contributed by atoms with E-state index >= 15 is 0 Å². The van der Waals surface area contributed by atoms with Crippen molar-refractivity contribution in [2.75, 3.05) is 52.9 Å². The van der Waals surface area contributed by atoms with Crippen molar-refractivity contribution in [3.05, 3.63) is 29.3 Å². The molecule has 0 aliphatic carbocycles. The number of likely N-dealkylation sites (N-methyl/N-ethyl adjacent to an activating group) is 1. The Morgan fingerprint density at radius 2 is 1.92 bits per heavy atom. The van der Waals surface area contributed by atoms with Gasteiger partial charge in [-0.05, 0) is 56.6 Å². The highest BCUT2D eigenvalue weighted by Gasteiger charge is 2.15. The number of benzene rings is 1. The van der Waals surface area contributed by atoms with Crippen molar-refractivity contribution in [2.45, 2.75) is 20.3 Å². The first-order valence-electron chi connectivity index (χ1n) is 8.43. The first-order chi connectivity index (χ1) is 11.0. The number of rotatable bonds is 6. The van der Waals surface area contributed by atoms with Crippen LogP contribution in [0.1, 0.15) is 17.5 Å². The van der Waals surface area contributed by atoms with Gasteiger partial charge in [0.05, 0.1) is 13.1 Å². The molecule has 0 saturated carbocycles. The molecule has 0 spiro atoms.